The molecule has 2 aromatic rings. The molecule has 0 radical (unpaired) electrons. The minimum atomic E-state index is -0.250. The van der Waals surface area contributed by atoms with Crippen molar-refractivity contribution >= 4 is 40.6 Å². The van der Waals surface area contributed by atoms with Gasteiger partial charge in [-0.2, -0.15) is 0 Å². The van der Waals surface area contributed by atoms with Gasteiger partial charge in [-0.15, -0.1) is 0 Å². The number of carbonyl (C=O) groups is 2. The molecule has 0 saturated carbocycles. The van der Waals surface area contributed by atoms with Gasteiger partial charge in [-0.25, -0.2) is 0 Å². The van der Waals surface area contributed by atoms with E-state index in [2.05, 4.69) is 5.32 Å². The van der Waals surface area contributed by atoms with Gasteiger partial charge in [-0.1, -0.05) is 35.3 Å². The van der Waals surface area contributed by atoms with Gasteiger partial charge in [0.15, 0.2) is 5.78 Å². The van der Waals surface area contributed by atoms with Gasteiger partial charge in [0.05, 0.1) is 0 Å². The van der Waals surface area contributed by atoms with Gasteiger partial charge in [0.1, 0.15) is 0 Å². The van der Waals surface area contributed by atoms with Crippen LogP contribution in [0.4, 0.5) is 5.69 Å². The molecule has 1 amide bonds. The average Bonchev–Trinajstić information content (AvgIpc) is 2.46. The van der Waals surface area contributed by atoms with Crippen molar-refractivity contribution in [2.24, 2.45) is 0 Å². The summed E-state index contributed by atoms with van der Waals surface area (Å²) in [4.78, 5) is 24.1. The first-order valence-electron chi connectivity index (χ1n) is 7.21. The second kappa shape index (κ2) is 7.62. The minimum absolute atomic E-state index is 0.0487. The van der Waals surface area contributed by atoms with E-state index in [0.29, 0.717) is 21.3 Å². The maximum absolute atomic E-state index is 12.2. The van der Waals surface area contributed by atoms with E-state index in [4.69, 9.17) is 23.2 Å². The number of halogens is 2. The van der Waals surface area contributed by atoms with E-state index in [1.54, 1.807) is 24.3 Å². The van der Waals surface area contributed by atoms with E-state index in [9.17, 15) is 9.59 Å². The third-order valence-electron chi connectivity index (χ3n) is 3.55. The number of anilines is 1. The summed E-state index contributed by atoms with van der Waals surface area (Å²) in [6, 6.07) is 10.4. The Balaban J connectivity index is 1.93. The molecule has 2 rings (SSSR count). The van der Waals surface area contributed by atoms with Crippen LogP contribution >= 0.6 is 23.2 Å². The molecule has 0 unspecified atom stereocenters. The Morgan fingerprint density at radius 1 is 0.913 bits per heavy atom. The van der Waals surface area contributed by atoms with E-state index >= 15 is 0 Å². The van der Waals surface area contributed by atoms with E-state index in [-0.39, 0.29) is 24.5 Å². The molecule has 0 aliphatic heterocycles. The highest BCUT2D eigenvalue weighted by Gasteiger charge is 2.11. The molecular weight excluding hydrogens is 333 g/mol. The fourth-order valence-corrected chi connectivity index (χ4v) is 2.66. The van der Waals surface area contributed by atoms with Gasteiger partial charge in [0.2, 0.25) is 5.91 Å². The Morgan fingerprint density at radius 2 is 1.57 bits per heavy atom. The first-order chi connectivity index (χ1) is 10.8. The number of amides is 1. The molecule has 0 fully saturated rings. The lowest BCUT2D eigenvalue weighted by Gasteiger charge is -2.07. The van der Waals surface area contributed by atoms with Crippen molar-refractivity contribution in [2.75, 3.05) is 5.32 Å². The summed E-state index contributed by atoms with van der Waals surface area (Å²) in [6.07, 6.45) is 0.262. The van der Waals surface area contributed by atoms with Gasteiger partial charge in [0, 0.05) is 34.1 Å². The second-order valence-corrected chi connectivity index (χ2v) is 6.30. The predicted molar refractivity (Wildman–Crippen MR) is 94.6 cm³/mol. The summed E-state index contributed by atoms with van der Waals surface area (Å²) in [6.45, 7) is 3.95. The fraction of sp³-hybridized carbons (Fsp3) is 0.222. The lowest BCUT2D eigenvalue weighted by molar-refractivity contribution is -0.116. The van der Waals surface area contributed by atoms with E-state index in [0.717, 1.165) is 11.1 Å². The smallest absolute Gasteiger partial charge is 0.224 e. The number of benzene rings is 2. The van der Waals surface area contributed by atoms with E-state index < -0.39 is 0 Å². The van der Waals surface area contributed by atoms with Crippen LogP contribution in [0.3, 0.4) is 0 Å². The lowest BCUT2D eigenvalue weighted by Crippen LogP contribution is -2.13. The second-order valence-electron chi connectivity index (χ2n) is 5.43. The average molecular weight is 350 g/mol. The molecule has 0 aliphatic carbocycles. The molecule has 5 heteroatoms. The van der Waals surface area contributed by atoms with E-state index in [1.807, 2.05) is 26.0 Å². The third-order valence-corrected chi connectivity index (χ3v) is 3.99. The Hall–Kier alpha value is -1.84. The molecule has 0 heterocycles. The SMILES string of the molecule is Cc1ccc(C(=O)CCC(=O)Nc2cc(Cl)cc(Cl)c2)cc1C. The molecule has 0 aliphatic rings. The van der Waals surface area contributed by atoms with Crippen molar-refractivity contribution < 1.29 is 9.59 Å². The van der Waals surface area contributed by atoms with Crippen molar-refractivity contribution in [3.05, 3.63) is 63.1 Å². The quantitative estimate of drug-likeness (QED) is 0.752. The van der Waals surface area contributed by atoms with E-state index in [1.165, 1.54) is 0 Å². The van der Waals surface area contributed by atoms with Crippen molar-refractivity contribution in [1.29, 1.82) is 0 Å². The van der Waals surface area contributed by atoms with Crippen LogP contribution in [0.2, 0.25) is 10.0 Å². The molecule has 120 valence electrons. The van der Waals surface area contributed by atoms with Crippen LogP contribution in [0.25, 0.3) is 0 Å². The van der Waals surface area contributed by atoms with Crippen molar-refractivity contribution in [3.63, 3.8) is 0 Å². The third kappa shape index (κ3) is 5.08. The molecule has 3 nitrogen and oxygen atoms in total. The van der Waals surface area contributed by atoms with Crippen LogP contribution in [0, 0.1) is 13.8 Å². The number of aryl methyl sites for hydroxylation is 2. The highest BCUT2D eigenvalue weighted by Crippen LogP contribution is 2.22. The van der Waals surface area contributed by atoms with Crippen molar-refractivity contribution in [2.45, 2.75) is 26.7 Å². The Kier molecular flexibility index (Phi) is 5.80. The summed E-state index contributed by atoms with van der Waals surface area (Å²) >= 11 is 11.8. The molecule has 1 N–H and O–H groups in total. The Bertz CT molecular complexity index is 736. The summed E-state index contributed by atoms with van der Waals surface area (Å²) in [5.41, 5.74) is 3.35. The molecule has 23 heavy (non-hydrogen) atoms. The Labute approximate surface area is 145 Å². The van der Waals surface area contributed by atoms with Crippen LogP contribution in [-0.4, -0.2) is 11.7 Å². The monoisotopic (exact) mass is 349 g/mol. The molecule has 2 aromatic carbocycles. The molecular formula is C18H17Cl2NO2. The lowest BCUT2D eigenvalue weighted by atomic mass is 10.0. The van der Waals surface area contributed by atoms with Crippen LogP contribution in [0.5, 0.6) is 0 Å². The normalized spacial score (nSPS) is 10.4. The van der Waals surface area contributed by atoms with Gasteiger partial charge in [0.25, 0.3) is 0 Å². The van der Waals surface area contributed by atoms with Gasteiger partial charge in [-0.05, 0) is 49.2 Å². The number of hydrogen-bond donors (Lipinski definition) is 1. The van der Waals surface area contributed by atoms with Crippen LogP contribution in [0.1, 0.15) is 34.3 Å². The number of rotatable bonds is 5. The molecule has 0 bridgehead atoms. The maximum Gasteiger partial charge on any atom is 0.224 e. The fourth-order valence-electron chi connectivity index (χ4n) is 2.14. The zero-order chi connectivity index (χ0) is 17.0. The van der Waals surface area contributed by atoms with Crippen LogP contribution in [0.15, 0.2) is 36.4 Å². The molecule has 0 saturated heterocycles. The summed E-state index contributed by atoms with van der Waals surface area (Å²) in [5.74, 6) is -0.298. The maximum atomic E-state index is 12.2. The molecule has 0 spiro atoms. The summed E-state index contributed by atoms with van der Waals surface area (Å²) in [5, 5.41) is 3.58. The first kappa shape index (κ1) is 17.5. The number of nitrogens with one attached hydrogen (secondary N) is 1. The molecule has 0 aromatic heterocycles. The Morgan fingerprint density at radius 3 is 2.17 bits per heavy atom. The molecule has 0 atom stereocenters. The zero-order valence-corrected chi connectivity index (χ0v) is 14.5. The van der Waals surface area contributed by atoms with Crippen LogP contribution < -0.4 is 5.32 Å². The van der Waals surface area contributed by atoms with Gasteiger partial charge < -0.3 is 5.32 Å². The minimum Gasteiger partial charge on any atom is -0.326 e. The standard InChI is InChI=1S/C18H17Cl2NO2/c1-11-3-4-13(7-12(11)2)17(22)5-6-18(23)21-16-9-14(19)8-15(20)10-16/h3-4,7-10H,5-6H2,1-2H3,(H,21,23). The number of hydrogen-bond acceptors (Lipinski definition) is 2. The number of ketones is 1. The summed E-state index contributed by atoms with van der Waals surface area (Å²) in [7, 11) is 0. The first-order valence-corrected chi connectivity index (χ1v) is 7.97. The van der Waals surface area contributed by atoms with Crippen molar-refractivity contribution in [1.82, 2.24) is 0 Å². The van der Waals surface area contributed by atoms with Gasteiger partial charge in [-0.3, -0.25) is 9.59 Å². The largest absolute Gasteiger partial charge is 0.326 e. The van der Waals surface area contributed by atoms with Crippen LogP contribution in [-0.2, 0) is 4.79 Å². The topological polar surface area (TPSA) is 46.2 Å². The number of carbonyl (C=O) groups excluding carboxylic acids is 2. The number of Topliss-reactive ketones (excluding diaryl/α,β-unsaturated/α-hetero) is 1. The highest BCUT2D eigenvalue weighted by atomic mass is 35.5. The highest BCUT2D eigenvalue weighted by molar-refractivity contribution is 6.35. The summed E-state index contributed by atoms with van der Waals surface area (Å²) < 4.78 is 0. The zero-order valence-electron chi connectivity index (χ0n) is 13.0. The van der Waals surface area contributed by atoms with Crippen molar-refractivity contribution in [3.8, 4) is 0 Å². The predicted octanol–water partition coefficient (Wildman–Crippen LogP) is 5.21. The van der Waals surface area contributed by atoms with Gasteiger partial charge >= 0.3 is 0 Å².